The number of likely N-dealkylation sites (tertiary alicyclic amines) is 1. The Balaban J connectivity index is 2.25. The van der Waals surface area contributed by atoms with Crippen molar-refractivity contribution in [1.82, 2.24) is 4.90 Å². The van der Waals surface area contributed by atoms with E-state index in [0.717, 1.165) is 12.0 Å². The third kappa shape index (κ3) is 4.01. The maximum absolute atomic E-state index is 12.6. The van der Waals surface area contributed by atoms with Crippen LogP contribution in [0.1, 0.15) is 45.7 Å². The van der Waals surface area contributed by atoms with Crippen LogP contribution >= 0.6 is 0 Å². The fraction of sp³-hybridized carbons (Fsp3) is 0.611. The Kier molecular flexibility index (Phi) is 5.12. The van der Waals surface area contributed by atoms with E-state index in [2.05, 4.69) is 19.1 Å². The summed E-state index contributed by atoms with van der Waals surface area (Å²) < 4.78 is 11.2. The van der Waals surface area contributed by atoms with Crippen molar-refractivity contribution >= 4 is 6.09 Å². The number of nitrogens with zero attached hydrogens (tertiary/aromatic N) is 1. The summed E-state index contributed by atoms with van der Waals surface area (Å²) >= 11 is 0. The number of methoxy groups -OCH3 is 1. The Hall–Kier alpha value is -1.55. The summed E-state index contributed by atoms with van der Waals surface area (Å²) in [6, 6.07) is 10.1. The number of hydrogen-bond donors (Lipinski definition) is 0. The first-order chi connectivity index (χ1) is 10.3. The van der Waals surface area contributed by atoms with Gasteiger partial charge in [0, 0.05) is 19.6 Å². The van der Waals surface area contributed by atoms with Gasteiger partial charge in [0.05, 0.1) is 12.1 Å². The molecular weight excluding hydrogens is 278 g/mol. The molecule has 0 N–H and O–H groups in total. The quantitative estimate of drug-likeness (QED) is 0.828. The highest BCUT2D eigenvalue weighted by molar-refractivity contribution is 5.69. The number of rotatable bonds is 2. The van der Waals surface area contributed by atoms with Gasteiger partial charge in [-0.2, -0.15) is 0 Å². The molecule has 1 heterocycles. The molecule has 1 saturated heterocycles. The van der Waals surface area contributed by atoms with E-state index in [-0.39, 0.29) is 24.2 Å². The van der Waals surface area contributed by atoms with Crippen LogP contribution < -0.4 is 0 Å². The van der Waals surface area contributed by atoms with E-state index in [1.807, 2.05) is 43.9 Å². The molecule has 0 aliphatic carbocycles. The van der Waals surface area contributed by atoms with E-state index in [9.17, 15) is 4.79 Å². The topological polar surface area (TPSA) is 38.8 Å². The molecule has 1 aromatic carbocycles. The second-order valence-electron chi connectivity index (χ2n) is 7.05. The lowest BCUT2D eigenvalue weighted by Crippen LogP contribution is -2.49. The molecule has 3 unspecified atom stereocenters. The molecule has 1 aliphatic rings. The van der Waals surface area contributed by atoms with Crippen LogP contribution in [0.3, 0.4) is 0 Å². The Labute approximate surface area is 133 Å². The number of piperidine rings is 1. The summed E-state index contributed by atoms with van der Waals surface area (Å²) in [4.78, 5) is 14.4. The molecule has 3 atom stereocenters. The van der Waals surface area contributed by atoms with Crippen molar-refractivity contribution in [3.63, 3.8) is 0 Å². The average molecular weight is 305 g/mol. The van der Waals surface area contributed by atoms with Gasteiger partial charge in [0.1, 0.15) is 5.60 Å². The average Bonchev–Trinajstić information content (AvgIpc) is 2.46. The first kappa shape index (κ1) is 16.8. The number of amides is 1. The van der Waals surface area contributed by atoms with Crippen LogP contribution in [-0.4, -0.2) is 36.4 Å². The predicted molar refractivity (Wildman–Crippen MR) is 86.7 cm³/mol. The van der Waals surface area contributed by atoms with Crippen LogP contribution in [0, 0.1) is 5.92 Å². The summed E-state index contributed by atoms with van der Waals surface area (Å²) in [5.74, 6) is 0.289. The normalized spacial score (nSPS) is 25.9. The molecule has 2 rings (SSSR count). The number of hydrogen-bond acceptors (Lipinski definition) is 3. The van der Waals surface area contributed by atoms with Gasteiger partial charge in [0.2, 0.25) is 0 Å². The van der Waals surface area contributed by atoms with E-state index in [1.54, 1.807) is 7.11 Å². The van der Waals surface area contributed by atoms with Gasteiger partial charge in [0.25, 0.3) is 0 Å². The van der Waals surface area contributed by atoms with Gasteiger partial charge in [-0.05, 0) is 32.8 Å². The summed E-state index contributed by atoms with van der Waals surface area (Å²) in [7, 11) is 1.74. The van der Waals surface area contributed by atoms with Gasteiger partial charge in [-0.3, -0.25) is 0 Å². The van der Waals surface area contributed by atoms with Crippen molar-refractivity contribution in [2.75, 3.05) is 13.7 Å². The van der Waals surface area contributed by atoms with Crippen LogP contribution in [0.4, 0.5) is 4.79 Å². The van der Waals surface area contributed by atoms with E-state index >= 15 is 0 Å². The van der Waals surface area contributed by atoms with E-state index < -0.39 is 5.60 Å². The zero-order valence-corrected chi connectivity index (χ0v) is 14.2. The predicted octanol–water partition coefficient (Wildman–Crippen LogP) is 4.02. The highest BCUT2D eigenvalue weighted by atomic mass is 16.6. The summed E-state index contributed by atoms with van der Waals surface area (Å²) in [5.41, 5.74) is 0.641. The Morgan fingerprint density at radius 3 is 2.41 bits per heavy atom. The summed E-state index contributed by atoms with van der Waals surface area (Å²) in [5, 5.41) is 0. The van der Waals surface area contributed by atoms with Crippen molar-refractivity contribution in [3.05, 3.63) is 35.9 Å². The molecule has 1 aromatic rings. The lowest BCUT2D eigenvalue weighted by molar-refractivity contribution is -0.0416. The molecule has 1 amide bonds. The van der Waals surface area contributed by atoms with Gasteiger partial charge in [0.15, 0.2) is 0 Å². The summed E-state index contributed by atoms with van der Waals surface area (Å²) in [6.45, 7) is 8.45. The van der Waals surface area contributed by atoms with Crippen LogP contribution in [0.5, 0.6) is 0 Å². The van der Waals surface area contributed by atoms with Gasteiger partial charge in [-0.15, -0.1) is 0 Å². The molecule has 22 heavy (non-hydrogen) atoms. The number of carbonyl (C=O) groups is 1. The van der Waals surface area contributed by atoms with Crippen molar-refractivity contribution in [2.45, 2.75) is 51.9 Å². The van der Waals surface area contributed by atoms with Gasteiger partial charge >= 0.3 is 6.09 Å². The molecular formula is C18H27NO3. The standard InChI is InChI=1S/C18H27NO3/c1-13-12-19(17(20)22-18(2,3)4)15(11-16(13)21-5)14-9-7-6-8-10-14/h6-10,13,15-16H,11-12H2,1-5H3. The maximum Gasteiger partial charge on any atom is 0.410 e. The lowest BCUT2D eigenvalue weighted by atomic mass is 9.87. The first-order valence-electron chi connectivity index (χ1n) is 7.89. The second-order valence-corrected chi connectivity index (χ2v) is 7.05. The zero-order chi connectivity index (χ0) is 16.3. The number of carbonyl (C=O) groups excluding carboxylic acids is 1. The zero-order valence-electron chi connectivity index (χ0n) is 14.2. The minimum Gasteiger partial charge on any atom is -0.444 e. The fourth-order valence-electron chi connectivity index (χ4n) is 2.98. The van der Waals surface area contributed by atoms with Crippen molar-refractivity contribution in [3.8, 4) is 0 Å². The molecule has 4 nitrogen and oxygen atoms in total. The smallest absolute Gasteiger partial charge is 0.410 e. The molecule has 0 saturated carbocycles. The van der Waals surface area contributed by atoms with E-state index in [4.69, 9.17) is 9.47 Å². The van der Waals surface area contributed by atoms with Gasteiger partial charge < -0.3 is 14.4 Å². The first-order valence-corrected chi connectivity index (χ1v) is 7.89. The third-order valence-corrected chi connectivity index (χ3v) is 4.07. The minimum absolute atomic E-state index is 0.00259. The number of benzene rings is 1. The largest absolute Gasteiger partial charge is 0.444 e. The van der Waals surface area contributed by atoms with Crippen LogP contribution in [0.15, 0.2) is 30.3 Å². The molecule has 122 valence electrons. The molecule has 1 fully saturated rings. The van der Waals surface area contributed by atoms with Crippen LogP contribution in [-0.2, 0) is 9.47 Å². The Bertz CT molecular complexity index is 495. The van der Waals surface area contributed by atoms with Crippen LogP contribution in [0.25, 0.3) is 0 Å². The monoisotopic (exact) mass is 305 g/mol. The highest BCUT2D eigenvalue weighted by Gasteiger charge is 2.38. The van der Waals surface area contributed by atoms with E-state index in [1.165, 1.54) is 0 Å². The van der Waals surface area contributed by atoms with Crippen molar-refractivity contribution in [2.24, 2.45) is 5.92 Å². The minimum atomic E-state index is -0.486. The van der Waals surface area contributed by atoms with Crippen LogP contribution in [0.2, 0.25) is 0 Å². The second kappa shape index (κ2) is 6.69. The molecule has 0 radical (unpaired) electrons. The summed E-state index contributed by atoms with van der Waals surface area (Å²) in [6.07, 6.45) is 0.702. The number of ether oxygens (including phenoxy) is 2. The van der Waals surface area contributed by atoms with Gasteiger partial charge in [-0.1, -0.05) is 37.3 Å². The fourth-order valence-corrected chi connectivity index (χ4v) is 2.98. The van der Waals surface area contributed by atoms with Gasteiger partial charge in [-0.25, -0.2) is 4.79 Å². The maximum atomic E-state index is 12.6. The third-order valence-electron chi connectivity index (χ3n) is 4.07. The Morgan fingerprint density at radius 2 is 1.86 bits per heavy atom. The highest BCUT2D eigenvalue weighted by Crippen LogP contribution is 2.35. The Morgan fingerprint density at radius 1 is 1.23 bits per heavy atom. The molecule has 0 aromatic heterocycles. The lowest BCUT2D eigenvalue weighted by Gasteiger charge is -2.42. The van der Waals surface area contributed by atoms with Crippen molar-refractivity contribution < 1.29 is 14.3 Å². The van der Waals surface area contributed by atoms with Crippen molar-refractivity contribution in [1.29, 1.82) is 0 Å². The molecule has 1 aliphatic heterocycles. The molecule has 4 heteroatoms. The van der Waals surface area contributed by atoms with E-state index in [0.29, 0.717) is 6.54 Å². The SMILES string of the molecule is COC1CC(c2ccccc2)N(C(=O)OC(C)(C)C)CC1C. The molecule has 0 spiro atoms. The molecule has 0 bridgehead atoms.